The molecular weight excluding hydrogens is 254 g/mol. The maximum atomic E-state index is 12.5. The van der Waals surface area contributed by atoms with Crippen LogP contribution in [-0.2, 0) is 4.79 Å². The Morgan fingerprint density at radius 1 is 1.50 bits per heavy atom. The lowest BCUT2D eigenvalue weighted by Gasteiger charge is -2.28. The quantitative estimate of drug-likeness (QED) is 0.866. The molecule has 0 radical (unpaired) electrons. The van der Waals surface area contributed by atoms with Gasteiger partial charge in [-0.3, -0.25) is 9.48 Å². The van der Waals surface area contributed by atoms with Crippen LogP contribution in [-0.4, -0.2) is 44.9 Å². The summed E-state index contributed by atoms with van der Waals surface area (Å²) in [5.74, 6) is 0.0674. The highest BCUT2D eigenvalue weighted by atomic mass is 16.3. The van der Waals surface area contributed by atoms with Crippen molar-refractivity contribution in [3.8, 4) is 0 Å². The van der Waals surface area contributed by atoms with Crippen molar-refractivity contribution in [3.05, 3.63) is 18.5 Å². The highest BCUT2D eigenvalue weighted by molar-refractivity contribution is 5.80. The van der Waals surface area contributed by atoms with E-state index >= 15 is 0 Å². The number of carbonyl (C=O) groups is 1. The second kappa shape index (κ2) is 6.39. The van der Waals surface area contributed by atoms with Gasteiger partial charge in [0.05, 0.1) is 5.60 Å². The van der Waals surface area contributed by atoms with Crippen LogP contribution in [0.25, 0.3) is 0 Å². The van der Waals surface area contributed by atoms with Gasteiger partial charge in [0.25, 0.3) is 0 Å². The standard InChI is InChI=1S/C15H25N3O2/c1-3-13(18-11-6-10-16-18)14(19)17(2)12-9-15(20)7-4-5-8-15/h6,10-11,13,20H,3-5,7-9,12H2,1-2H3. The van der Waals surface area contributed by atoms with Crippen molar-refractivity contribution >= 4 is 5.91 Å². The fourth-order valence-electron chi connectivity index (χ4n) is 2.96. The monoisotopic (exact) mass is 279 g/mol. The van der Waals surface area contributed by atoms with E-state index in [0.717, 1.165) is 32.1 Å². The molecule has 5 heteroatoms. The number of rotatable bonds is 6. The summed E-state index contributed by atoms with van der Waals surface area (Å²) >= 11 is 0. The Balaban J connectivity index is 1.90. The number of hydrogen-bond donors (Lipinski definition) is 1. The zero-order chi connectivity index (χ0) is 14.6. The summed E-state index contributed by atoms with van der Waals surface area (Å²) < 4.78 is 1.71. The lowest BCUT2D eigenvalue weighted by molar-refractivity contribution is -0.134. The Bertz CT molecular complexity index is 424. The summed E-state index contributed by atoms with van der Waals surface area (Å²) in [4.78, 5) is 14.2. The van der Waals surface area contributed by atoms with Crippen molar-refractivity contribution in [2.75, 3.05) is 13.6 Å². The van der Waals surface area contributed by atoms with Gasteiger partial charge in [0, 0.05) is 26.0 Å². The second-order valence-electron chi connectivity index (χ2n) is 5.85. The first kappa shape index (κ1) is 15.0. The predicted octanol–water partition coefficient (Wildman–Crippen LogP) is 1.99. The van der Waals surface area contributed by atoms with Crippen LogP contribution in [0.4, 0.5) is 0 Å². The lowest BCUT2D eigenvalue weighted by atomic mass is 9.98. The molecule has 0 bridgehead atoms. The summed E-state index contributed by atoms with van der Waals surface area (Å²) in [5, 5.41) is 14.5. The first-order valence-electron chi connectivity index (χ1n) is 7.52. The van der Waals surface area contributed by atoms with Gasteiger partial charge in [-0.2, -0.15) is 5.10 Å². The van der Waals surface area contributed by atoms with Gasteiger partial charge in [-0.1, -0.05) is 19.8 Å². The number of aliphatic hydroxyl groups is 1. The first-order valence-corrected chi connectivity index (χ1v) is 7.52. The van der Waals surface area contributed by atoms with Crippen LogP contribution in [0.2, 0.25) is 0 Å². The third-order valence-corrected chi connectivity index (χ3v) is 4.34. The van der Waals surface area contributed by atoms with E-state index in [0.29, 0.717) is 13.0 Å². The van der Waals surface area contributed by atoms with E-state index in [4.69, 9.17) is 0 Å². The van der Waals surface area contributed by atoms with Crippen LogP contribution < -0.4 is 0 Å². The topological polar surface area (TPSA) is 58.4 Å². The Morgan fingerprint density at radius 2 is 2.20 bits per heavy atom. The van der Waals surface area contributed by atoms with Crippen molar-refractivity contribution in [1.82, 2.24) is 14.7 Å². The number of nitrogens with zero attached hydrogens (tertiary/aromatic N) is 3. The molecular formula is C15H25N3O2. The summed E-state index contributed by atoms with van der Waals surface area (Å²) in [6.45, 7) is 2.59. The molecule has 1 aliphatic rings. The molecule has 1 unspecified atom stereocenters. The van der Waals surface area contributed by atoms with E-state index in [1.54, 1.807) is 15.8 Å². The smallest absolute Gasteiger partial charge is 0.247 e. The van der Waals surface area contributed by atoms with Crippen molar-refractivity contribution < 1.29 is 9.90 Å². The van der Waals surface area contributed by atoms with E-state index < -0.39 is 5.60 Å². The molecule has 0 saturated heterocycles. The summed E-state index contributed by atoms with van der Waals surface area (Å²) in [6, 6.07) is 1.59. The van der Waals surface area contributed by atoms with Gasteiger partial charge in [0.2, 0.25) is 5.91 Å². The minimum atomic E-state index is -0.554. The maximum absolute atomic E-state index is 12.5. The highest BCUT2D eigenvalue weighted by Crippen LogP contribution is 2.32. The molecule has 1 N–H and O–H groups in total. The van der Waals surface area contributed by atoms with Gasteiger partial charge < -0.3 is 10.0 Å². The largest absolute Gasteiger partial charge is 0.390 e. The van der Waals surface area contributed by atoms with E-state index in [1.165, 1.54) is 0 Å². The maximum Gasteiger partial charge on any atom is 0.247 e. The van der Waals surface area contributed by atoms with Gasteiger partial charge in [-0.15, -0.1) is 0 Å². The summed E-state index contributed by atoms with van der Waals surface area (Å²) in [6.07, 6.45) is 8.83. The van der Waals surface area contributed by atoms with Crippen molar-refractivity contribution in [3.63, 3.8) is 0 Å². The van der Waals surface area contributed by atoms with Crippen LogP contribution in [0.3, 0.4) is 0 Å². The molecule has 1 saturated carbocycles. The molecule has 2 rings (SSSR count). The van der Waals surface area contributed by atoms with Gasteiger partial charge in [0.15, 0.2) is 0 Å². The Kier molecular flexibility index (Phi) is 4.81. The van der Waals surface area contributed by atoms with Crippen LogP contribution in [0.15, 0.2) is 18.5 Å². The van der Waals surface area contributed by atoms with E-state index in [9.17, 15) is 9.90 Å². The summed E-state index contributed by atoms with van der Waals surface area (Å²) in [5.41, 5.74) is -0.554. The second-order valence-corrected chi connectivity index (χ2v) is 5.85. The Morgan fingerprint density at radius 3 is 2.75 bits per heavy atom. The van der Waals surface area contributed by atoms with Crippen LogP contribution in [0.1, 0.15) is 51.5 Å². The minimum Gasteiger partial charge on any atom is -0.390 e. The van der Waals surface area contributed by atoms with E-state index in [-0.39, 0.29) is 11.9 Å². The molecule has 1 atom stereocenters. The van der Waals surface area contributed by atoms with Crippen molar-refractivity contribution in [2.24, 2.45) is 0 Å². The lowest BCUT2D eigenvalue weighted by Crippen LogP contribution is -2.38. The molecule has 5 nitrogen and oxygen atoms in total. The van der Waals surface area contributed by atoms with E-state index in [2.05, 4.69) is 5.10 Å². The molecule has 20 heavy (non-hydrogen) atoms. The molecule has 0 spiro atoms. The van der Waals surface area contributed by atoms with Gasteiger partial charge in [-0.25, -0.2) is 0 Å². The van der Waals surface area contributed by atoms with Crippen LogP contribution in [0, 0.1) is 0 Å². The third kappa shape index (κ3) is 3.39. The summed E-state index contributed by atoms with van der Waals surface area (Å²) in [7, 11) is 1.81. The molecule has 0 aliphatic heterocycles. The molecule has 0 aromatic carbocycles. The molecule has 1 amide bonds. The number of aromatic nitrogens is 2. The van der Waals surface area contributed by atoms with Crippen LogP contribution >= 0.6 is 0 Å². The number of carbonyl (C=O) groups excluding carboxylic acids is 1. The van der Waals surface area contributed by atoms with Crippen molar-refractivity contribution in [1.29, 1.82) is 0 Å². The average Bonchev–Trinajstić information content (AvgIpc) is 3.09. The zero-order valence-electron chi connectivity index (χ0n) is 12.5. The first-order chi connectivity index (χ1) is 9.56. The Labute approximate surface area is 120 Å². The number of likely N-dealkylation sites (N-methyl/N-ethyl adjacent to an activating group) is 1. The highest BCUT2D eigenvalue weighted by Gasteiger charge is 2.32. The molecule has 1 fully saturated rings. The fourth-order valence-corrected chi connectivity index (χ4v) is 2.96. The van der Waals surface area contributed by atoms with E-state index in [1.807, 2.05) is 26.2 Å². The third-order valence-electron chi connectivity index (χ3n) is 4.34. The molecule has 1 aromatic heterocycles. The fraction of sp³-hybridized carbons (Fsp3) is 0.733. The number of hydrogen-bond acceptors (Lipinski definition) is 3. The van der Waals surface area contributed by atoms with Gasteiger partial charge in [-0.05, 0) is 31.7 Å². The molecule has 1 aromatic rings. The molecule has 1 aliphatic carbocycles. The average molecular weight is 279 g/mol. The molecule has 1 heterocycles. The SMILES string of the molecule is CCC(C(=O)N(C)CCC1(O)CCCC1)n1cccn1. The zero-order valence-corrected chi connectivity index (χ0v) is 12.5. The molecule has 112 valence electrons. The predicted molar refractivity (Wildman–Crippen MR) is 77.2 cm³/mol. The van der Waals surface area contributed by atoms with Crippen molar-refractivity contribution in [2.45, 2.75) is 57.1 Å². The van der Waals surface area contributed by atoms with Gasteiger partial charge >= 0.3 is 0 Å². The Hall–Kier alpha value is -1.36. The number of amides is 1. The minimum absolute atomic E-state index is 0.0674. The van der Waals surface area contributed by atoms with Gasteiger partial charge in [0.1, 0.15) is 6.04 Å². The normalized spacial score (nSPS) is 18.9. The van der Waals surface area contributed by atoms with Crippen LogP contribution in [0.5, 0.6) is 0 Å².